The van der Waals surface area contributed by atoms with Crippen molar-refractivity contribution >= 4 is 11.9 Å². The van der Waals surface area contributed by atoms with Crippen molar-refractivity contribution in [3.05, 3.63) is 72.9 Å². The lowest BCUT2D eigenvalue weighted by atomic mass is 10.0. The van der Waals surface area contributed by atoms with E-state index in [4.69, 9.17) is 9.47 Å². The Bertz CT molecular complexity index is 1240. The summed E-state index contributed by atoms with van der Waals surface area (Å²) in [5.74, 6) is -0.587. The van der Waals surface area contributed by atoms with Gasteiger partial charge in [-0.25, -0.2) is 0 Å². The highest BCUT2D eigenvalue weighted by molar-refractivity contribution is 5.70. The van der Waals surface area contributed by atoms with E-state index in [2.05, 4.69) is 86.8 Å². The van der Waals surface area contributed by atoms with Crippen molar-refractivity contribution in [3.63, 3.8) is 0 Å². The number of esters is 2. The van der Waals surface area contributed by atoms with E-state index in [1.165, 1.54) is 205 Å². The van der Waals surface area contributed by atoms with Gasteiger partial charge in [-0.1, -0.05) is 286 Å². The van der Waals surface area contributed by atoms with E-state index in [9.17, 15) is 14.7 Å². The van der Waals surface area contributed by atoms with Gasteiger partial charge >= 0.3 is 11.9 Å². The molecule has 0 rings (SSSR count). The summed E-state index contributed by atoms with van der Waals surface area (Å²) in [6.45, 7) is 4.04. The van der Waals surface area contributed by atoms with Crippen LogP contribution in [0.2, 0.25) is 0 Å². The molecule has 0 spiro atoms. The first kappa shape index (κ1) is 67.3. The van der Waals surface area contributed by atoms with E-state index >= 15 is 0 Å². The van der Waals surface area contributed by atoms with Gasteiger partial charge in [-0.3, -0.25) is 9.59 Å². The molecule has 5 heteroatoms. The molecule has 5 nitrogen and oxygen atoms in total. The van der Waals surface area contributed by atoms with E-state index in [0.29, 0.717) is 12.8 Å². The Balaban J connectivity index is 3.39. The lowest BCUT2D eigenvalue weighted by Gasteiger charge is -2.15. The molecule has 0 aromatic heterocycles. The van der Waals surface area contributed by atoms with Crippen LogP contribution in [-0.4, -0.2) is 36.4 Å². The van der Waals surface area contributed by atoms with E-state index in [1.807, 2.05) is 0 Å². The van der Waals surface area contributed by atoms with Gasteiger partial charge in [-0.2, -0.15) is 0 Å². The van der Waals surface area contributed by atoms with Crippen LogP contribution >= 0.6 is 0 Å². The summed E-state index contributed by atoms with van der Waals surface area (Å²) in [6.07, 6.45) is 83.4. The van der Waals surface area contributed by atoms with Crippen molar-refractivity contribution in [2.75, 3.05) is 13.2 Å². The third kappa shape index (κ3) is 57.9. The highest BCUT2D eigenvalue weighted by Crippen LogP contribution is 2.17. The van der Waals surface area contributed by atoms with Gasteiger partial charge in [0.25, 0.3) is 0 Å². The van der Waals surface area contributed by atoms with Crippen molar-refractivity contribution in [1.82, 2.24) is 0 Å². The van der Waals surface area contributed by atoms with Gasteiger partial charge in [0, 0.05) is 12.8 Å². The second-order valence-electron chi connectivity index (χ2n) is 20.4. The number of ether oxygens (including phenoxy) is 2. The number of carbonyl (C=O) groups is 2. The molecule has 0 bridgehead atoms. The summed E-state index contributed by atoms with van der Waals surface area (Å²) in [6, 6.07) is 0. The molecule has 70 heavy (non-hydrogen) atoms. The van der Waals surface area contributed by atoms with Crippen molar-refractivity contribution in [2.24, 2.45) is 0 Å². The second kappa shape index (κ2) is 60.6. The standard InChI is InChI=1S/C65H116O5/c1-3-5-7-9-11-13-15-17-19-20-21-22-23-24-25-26-27-28-29-30-31-32-33-34-35-36-37-38-39-40-41-42-43-44-46-48-50-52-54-56-58-60-65(68)70-63(61-66)62-69-64(67)59-57-55-53-51-49-47-45-18-16-14-12-10-8-6-4-2/h5,7,11,13,17-19,21-22,24-25,45,63,66H,3-4,6,8-10,12,14-16,20,23,26-44,46-62H2,1-2H3/b7-5-,13-11-,19-17-,22-21-,25-24-,45-18-. The molecule has 406 valence electrons. The normalized spacial score (nSPS) is 12.7. The Hall–Kier alpha value is -2.66. The van der Waals surface area contributed by atoms with Gasteiger partial charge in [0.05, 0.1) is 6.61 Å². The van der Waals surface area contributed by atoms with Gasteiger partial charge in [0.2, 0.25) is 0 Å². The zero-order valence-corrected chi connectivity index (χ0v) is 46.5. The minimum atomic E-state index is -0.774. The summed E-state index contributed by atoms with van der Waals surface area (Å²) >= 11 is 0. The minimum Gasteiger partial charge on any atom is -0.462 e. The molecule has 0 aliphatic heterocycles. The van der Waals surface area contributed by atoms with Crippen LogP contribution in [0.5, 0.6) is 0 Å². The summed E-state index contributed by atoms with van der Waals surface area (Å²) in [5.41, 5.74) is 0. The van der Waals surface area contributed by atoms with Gasteiger partial charge < -0.3 is 14.6 Å². The number of hydrogen-bond acceptors (Lipinski definition) is 5. The Morgan fingerprint density at radius 2 is 0.614 bits per heavy atom. The minimum absolute atomic E-state index is 0.0671. The molecular formula is C65H116O5. The summed E-state index contributed by atoms with van der Waals surface area (Å²) < 4.78 is 10.7. The number of aliphatic hydroxyl groups is 1. The molecule has 0 radical (unpaired) electrons. The van der Waals surface area contributed by atoms with Crippen LogP contribution in [-0.2, 0) is 19.1 Å². The van der Waals surface area contributed by atoms with Crippen LogP contribution in [0.3, 0.4) is 0 Å². The van der Waals surface area contributed by atoms with Crippen LogP contribution in [0.4, 0.5) is 0 Å². The second-order valence-corrected chi connectivity index (χ2v) is 20.4. The first-order valence-electron chi connectivity index (χ1n) is 30.5. The Morgan fingerprint density at radius 1 is 0.343 bits per heavy atom. The Labute approximate surface area is 435 Å². The average molecular weight is 978 g/mol. The van der Waals surface area contributed by atoms with Crippen molar-refractivity contribution in [2.45, 2.75) is 315 Å². The topological polar surface area (TPSA) is 72.8 Å². The van der Waals surface area contributed by atoms with Crippen LogP contribution in [0.25, 0.3) is 0 Å². The lowest BCUT2D eigenvalue weighted by Crippen LogP contribution is -2.28. The van der Waals surface area contributed by atoms with E-state index < -0.39 is 6.10 Å². The average Bonchev–Trinajstić information content (AvgIpc) is 3.36. The first-order chi connectivity index (χ1) is 34.6. The molecule has 1 atom stereocenters. The van der Waals surface area contributed by atoms with Gasteiger partial charge in [0.1, 0.15) is 6.61 Å². The maximum atomic E-state index is 12.3. The van der Waals surface area contributed by atoms with Crippen LogP contribution in [0, 0.1) is 0 Å². The highest BCUT2D eigenvalue weighted by atomic mass is 16.6. The molecule has 0 aromatic rings. The quantitative estimate of drug-likeness (QED) is 0.0373. The molecule has 1 N–H and O–H groups in total. The Morgan fingerprint density at radius 3 is 0.943 bits per heavy atom. The fraction of sp³-hybridized carbons (Fsp3) is 0.785. The largest absolute Gasteiger partial charge is 0.462 e. The fourth-order valence-electron chi connectivity index (χ4n) is 8.93. The number of aliphatic hydroxyl groups excluding tert-OH is 1. The van der Waals surface area contributed by atoms with Gasteiger partial charge in [0.15, 0.2) is 6.10 Å². The van der Waals surface area contributed by atoms with Crippen LogP contribution < -0.4 is 0 Å². The highest BCUT2D eigenvalue weighted by Gasteiger charge is 2.16. The number of unbranched alkanes of at least 4 members (excludes halogenated alkanes) is 36. The Kier molecular flexibility index (Phi) is 58.3. The monoisotopic (exact) mass is 977 g/mol. The molecule has 0 saturated carbocycles. The summed E-state index contributed by atoms with van der Waals surface area (Å²) in [5, 5.41) is 9.64. The predicted molar refractivity (Wildman–Crippen MR) is 306 cm³/mol. The molecule has 0 heterocycles. The van der Waals surface area contributed by atoms with Crippen molar-refractivity contribution < 1.29 is 24.2 Å². The van der Waals surface area contributed by atoms with Crippen LogP contribution in [0.15, 0.2) is 72.9 Å². The third-order valence-corrected chi connectivity index (χ3v) is 13.5. The molecule has 0 saturated heterocycles. The SMILES string of the molecule is CC/C=C\C/C=C\C/C=C\C/C=C\C/C=C\CCCCCCCCCCCCCCCCCCCCCCCCCCCC(=O)OC(CO)COC(=O)CCCCCCC/C=C\CCCCCCCC. The first-order valence-corrected chi connectivity index (χ1v) is 30.5. The van der Waals surface area contributed by atoms with Gasteiger partial charge in [-0.15, -0.1) is 0 Å². The fourth-order valence-corrected chi connectivity index (χ4v) is 8.93. The number of hydrogen-bond donors (Lipinski definition) is 1. The molecule has 1 unspecified atom stereocenters. The maximum Gasteiger partial charge on any atom is 0.306 e. The smallest absolute Gasteiger partial charge is 0.306 e. The molecule has 0 fully saturated rings. The third-order valence-electron chi connectivity index (χ3n) is 13.5. The number of allylic oxidation sites excluding steroid dienone is 12. The van der Waals surface area contributed by atoms with Crippen molar-refractivity contribution in [1.29, 1.82) is 0 Å². The van der Waals surface area contributed by atoms with E-state index in [1.54, 1.807) is 0 Å². The maximum absolute atomic E-state index is 12.3. The summed E-state index contributed by atoms with van der Waals surface area (Å²) in [4.78, 5) is 24.5. The van der Waals surface area contributed by atoms with Crippen molar-refractivity contribution in [3.8, 4) is 0 Å². The zero-order valence-electron chi connectivity index (χ0n) is 46.5. The lowest BCUT2D eigenvalue weighted by molar-refractivity contribution is -0.161. The molecule has 0 aliphatic carbocycles. The predicted octanol–water partition coefficient (Wildman–Crippen LogP) is 20.8. The number of carbonyl (C=O) groups excluding carboxylic acids is 2. The van der Waals surface area contributed by atoms with E-state index in [-0.39, 0.29) is 25.2 Å². The molecule has 0 aliphatic rings. The van der Waals surface area contributed by atoms with Gasteiger partial charge in [-0.05, 0) is 83.5 Å². The summed E-state index contributed by atoms with van der Waals surface area (Å²) in [7, 11) is 0. The van der Waals surface area contributed by atoms with Crippen LogP contribution in [0.1, 0.15) is 309 Å². The van der Waals surface area contributed by atoms with E-state index in [0.717, 1.165) is 77.0 Å². The zero-order chi connectivity index (χ0) is 50.6. The molecule has 0 amide bonds. The molecule has 0 aromatic carbocycles. The number of rotatable bonds is 56. The molecular weight excluding hydrogens is 861 g/mol.